The molecule has 0 bridgehead atoms. The minimum Gasteiger partial charge on any atom is -0.465 e. The van der Waals surface area contributed by atoms with Crippen molar-refractivity contribution in [2.75, 3.05) is 32.8 Å². The Bertz CT molecular complexity index is 944. The molecule has 1 aromatic carbocycles. The molecule has 2 aromatic heterocycles. The second-order valence-corrected chi connectivity index (χ2v) is 7.40. The van der Waals surface area contributed by atoms with Crippen LogP contribution in [0.4, 0.5) is 0 Å². The van der Waals surface area contributed by atoms with Crippen LogP contribution in [0.1, 0.15) is 29.9 Å². The summed E-state index contributed by atoms with van der Waals surface area (Å²) in [5, 5.41) is 3.05. The van der Waals surface area contributed by atoms with Crippen LogP contribution in [0.25, 0.3) is 11.3 Å². The smallest absolute Gasteiger partial charge is 0.220 e. The largest absolute Gasteiger partial charge is 0.465 e. The van der Waals surface area contributed by atoms with Crippen molar-refractivity contribution in [3.8, 4) is 11.3 Å². The molecule has 1 aliphatic rings. The van der Waals surface area contributed by atoms with E-state index in [2.05, 4.69) is 15.2 Å². The van der Waals surface area contributed by atoms with Crippen molar-refractivity contribution in [2.45, 2.75) is 25.8 Å². The third kappa shape index (κ3) is 5.17. The van der Waals surface area contributed by atoms with Crippen LogP contribution in [-0.2, 0) is 16.0 Å². The first-order chi connectivity index (χ1) is 14.7. The van der Waals surface area contributed by atoms with Gasteiger partial charge in [0, 0.05) is 38.0 Å². The zero-order chi connectivity index (χ0) is 20.8. The normalized spacial score (nSPS) is 15.8. The van der Waals surface area contributed by atoms with Gasteiger partial charge in [-0.1, -0.05) is 30.3 Å². The fourth-order valence-electron chi connectivity index (χ4n) is 3.61. The van der Waals surface area contributed by atoms with Gasteiger partial charge in [0.1, 0.15) is 11.5 Å². The van der Waals surface area contributed by atoms with Gasteiger partial charge in [-0.25, -0.2) is 4.98 Å². The SMILES string of the molecule is Cc1ccc(C(CNC(=O)CCc2ncc(-c3ccccc3)o2)N2CCOCC2)o1. The zero-order valence-electron chi connectivity index (χ0n) is 17.2. The summed E-state index contributed by atoms with van der Waals surface area (Å²) in [6.45, 7) is 5.44. The molecular weight excluding hydrogens is 382 g/mol. The summed E-state index contributed by atoms with van der Waals surface area (Å²) in [6, 6.07) is 13.7. The molecule has 1 aliphatic heterocycles. The van der Waals surface area contributed by atoms with Gasteiger partial charge in [0.2, 0.25) is 5.91 Å². The standard InChI is InChI=1S/C23H27N3O4/c1-17-7-8-20(29-17)19(26-11-13-28-14-12-26)15-24-22(27)9-10-23-25-16-21(30-23)18-5-3-2-4-6-18/h2-8,16,19H,9-15H2,1H3,(H,24,27). The van der Waals surface area contributed by atoms with E-state index in [1.165, 1.54) is 0 Å². The molecule has 1 amide bonds. The van der Waals surface area contributed by atoms with E-state index in [-0.39, 0.29) is 11.9 Å². The minimum atomic E-state index is -0.0315. The number of furan rings is 1. The fraction of sp³-hybridized carbons (Fsp3) is 0.391. The Morgan fingerprint density at radius 3 is 2.67 bits per heavy atom. The number of nitrogens with one attached hydrogen (secondary N) is 1. The topological polar surface area (TPSA) is 80.7 Å². The lowest BCUT2D eigenvalue weighted by atomic mass is 10.1. The van der Waals surface area contributed by atoms with Gasteiger partial charge in [-0.15, -0.1) is 0 Å². The molecule has 1 fully saturated rings. The number of oxazole rings is 1. The molecule has 1 unspecified atom stereocenters. The Morgan fingerprint density at radius 1 is 1.13 bits per heavy atom. The number of carbonyl (C=O) groups excluding carboxylic acids is 1. The number of morpholine rings is 1. The van der Waals surface area contributed by atoms with Crippen LogP contribution in [0.15, 0.2) is 57.5 Å². The number of carbonyl (C=O) groups is 1. The van der Waals surface area contributed by atoms with Crippen LogP contribution in [-0.4, -0.2) is 48.6 Å². The predicted octanol–water partition coefficient (Wildman–Crippen LogP) is 3.37. The quantitative estimate of drug-likeness (QED) is 0.614. The number of ether oxygens (including phenoxy) is 1. The van der Waals surface area contributed by atoms with Crippen molar-refractivity contribution in [1.29, 1.82) is 0 Å². The Morgan fingerprint density at radius 2 is 1.93 bits per heavy atom. The highest BCUT2D eigenvalue weighted by Crippen LogP contribution is 2.24. The molecule has 7 nitrogen and oxygen atoms in total. The second kappa shape index (κ2) is 9.73. The van der Waals surface area contributed by atoms with E-state index in [1.807, 2.05) is 49.4 Å². The number of hydrogen-bond acceptors (Lipinski definition) is 6. The van der Waals surface area contributed by atoms with E-state index in [9.17, 15) is 4.79 Å². The molecule has 0 saturated carbocycles. The van der Waals surface area contributed by atoms with Gasteiger partial charge in [0.25, 0.3) is 0 Å². The van der Waals surface area contributed by atoms with Crippen molar-refractivity contribution in [1.82, 2.24) is 15.2 Å². The van der Waals surface area contributed by atoms with E-state index < -0.39 is 0 Å². The van der Waals surface area contributed by atoms with E-state index in [0.29, 0.717) is 44.3 Å². The van der Waals surface area contributed by atoms with Crippen molar-refractivity contribution < 1.29 is 18.4 Å². The van der Waals surface area contributed by atoms with Crippen LogP contribution in [0.5, 0.6) is 0 Å². The summed E-state index contributed by atoms with van der Waals surface area (Å²) in [5.74, 6) is 2.99. The second-order valence-electron chi connectivity index (χ2n) is 7.40. The number of hydrogen-bond donors (Lipinski definition) is 1. The van der Waals surface area contributed by atoms with Gasteiger partial charge in [-0.2, -0.15) is 0 Å². The van der Waals surface area contributed by atoms with Crippen molar-refractivity contribution in [3.05, 3.63) is 66.1 Å². The van der Waals surface area contributed by atoms with E-state index in [0.717, 1.165) is 30.2 Å². The third-order valence-corrected chi connectivity index (χ3v) is 5.25. The summed E-state index contributed by atoms with van der Waals surface area (Å²) in [7, 11) is 0. The lowest BCUT2D eigenvalue weighted by Crippen LogP contribution is -2.43. The molecule has 1 saturated heterocycles. The summed E-state index contributed by atoms with van der Waals surface area (Å²) in [4.78, 5) is 19.1. The zero-order valence-corrected chi connectivity index (χ0v) is 17.2. The van der Waals surface area contributed by atoms with E-state index >= 15 is 0 Å². The minimum absolute atomic E-state index is 0.00188. The maximum absolute atomic E-state index is 12.5. The number of aryl methyl sites for hydroxylation is 2. The highest BCUT2D eigenvalue weighted by Gasteiger charge is 2.25. The lowest BCUT2D eigenvalue weighted by Gasteiger charge is -2.33. The average Bonchev–Trinajstić information content (AvgIpc) is 3.43. The molecule has 4 rings (SSSR count). The van der Waals surface area contributed by atoms with Gasteiger partial charge in [-0.3, -0.25) is 9.69 Å². The number of amides is 1. The van der Waals surface area contributed by atoms with E-state index in [1.54, 1.807) is 6.20 Å². The van der Waals surface area contributed by atoms with Crippen LogP contribution in [0.3, 0.4) is 0 Å². The number of rotatable bonds is 8. The van der Waals surface area contributed by atoms with Crippen LogP contribution < -0.4 is 5.32 Å². The van der Waals surface area contributed by atoms with Crippen LogP contribution in [0, 0.1) is 6.92 Å². The first kappa shape index (κ1) is 20.4. The fourth-order valence-corrected chi connectivity index (χ4v) is 3.61. The summed E-state index contributed by atoms with van der Waals surface area (Å²) in [5.41, 5.74) is 0.975. The molecule has 1 N–H and O–H groups in total. The maximum Gasteiger partial charge on any atom is 0.220 e. The summed E-state index contributed by atoms with van der Waals surface area (Å²) >= 11 is 0. The summed E-state index contributed by atoms with van der Waals surface area (Å²) in [6.07, 6.45) is 2.48. The van der Waals surface area contributed by atoms with Crippen LogP contribution >= 0.6 is 0 Å². The molecule has 7 heteroatoms. The summed E-state index contributed by atoms with van der Waals surface area (Å²) < 4.78 is 17.1. The average molecular weight is 409 g/mol. The molecule has 3 aromatic rings. The monoisotopic (exact) mass is 409 g/mol. The Hall–Kier alpha value is -2.90. The molecule has 158 valence electrons. The Kier molecular flexibility index (Phi) is 6.61. The first-order valence-electron chi connectivity index (χ1n) is 10.3. The number of nitrogens with zero attached hydrogens (tertiary/aromatic N) is 2. The van der Waals surface area contributed by atoms with Gasteiger partial charge in [0.05, 0.1) is 25.5 Å². The van der Waals surface area contributed by atoms with Crippen molar-refractivity contribution in [2.24, 2.45) is 0 Å². The Labute approximate surface area is 176 Å². The number of aromatic nitrogens is 1. The van der Waals surface area contributed by atoms with Gasteiger partial charge >= 0.3 is 0 Å². The predicted molar refractivity (Wildman–Crippen MR) is 112 cm³/mol. The third-order valence-electron chi connectivity index (χ3n) is 5.25. The molecule has 0 aliphatic carbocycles. The van der Waals surface area contributed by atoms with Crippen molar-refractivity contribution in [3.63, 3.8) is 0 Å². The van der Waals surface area contributed by atoms with Crippen molar-refractivity contribution >= 4 is 5.91 Å². The Balaban J connectivity index is 1.31. The van der Waals surface area contributed by atoms with Crippen LogP contribution in [0.2, 0.25) is 0 Å². The number of benzene rings is 1. The van der Waals surface area contributed by atoms with E-state index in [4.69, 9.17) is 13.6 Å². The molecule has 1 atom stereocenters. The highest BCUT2D eigenvalue weighted by atomic mass is 16.5. The van der Waals surface area contributed by atoms with Gasteiger partial charge in [0.15, 0.2) is 11.7 Å². The highest BCUT2D eigenvalue weighted by molar-refractivity contribution is 5.76. The first-order valence-corrected chi connectivity index (χ1v) is 10.3. The molecule has 0 radical (unpaired) electrons. The molecule has 3 heterocycles. The van der Waals surface area contributed by atoms with Gasteiger partial charge < -0.3 is 18.9 Å². The maximum atomic E-state index is 12.5. The lowest BCUT2D eigenvalue weighted by molar-refractivity contribution is -0.121. The molecular formula is C23H27N3O4. The van der Waals surface area contributed by atoms with Gasteiger partial charge in [-0.05, 0) is 19.1 Å². The molecule has 30 heavy (non-hydrogen) atoms. The molecule has 0 spiro atoms.